The predicted octanol–water partition coefficient (Wildman–Crippen LogP) is 4.14. The molecule has 0 amide bonds. The summed E-state index contributed by atoms with van der Waals surface area (Å²) in [4.78, 5) is 7.18. The highest BCUT2D eigenvalue weighted by Crippen LogP contribution is 2.22. The van der Waals surface area contributed by atoms with E-state index in [9.17, 15) is 0 Å². The molecule has 2 aromatic rings. The zero-order chi connectivity index (χ0) is 15.2. The average Bonchev–Trinajstić information content (AvgIpc) is 2.44. The number of nitrogens with one attached hydrogen (secondary N) is 1. The zero-order valence-electron chi connectivity index (χ0n) is 13.7. The SMILES string of the molecule is CCCNc1nc2ccccc2cc1CN(C)CC(C)C. The van der Waals surface area contributed by atoms with Crippen LogP contribution in [0.2, 0.25) is 0 Å². The number of nitrogens with zero attached hydrogens (tertiary/aromatic N) is 2. The van der Waals surface area contributed by atoms with Crippen LogP contribution in [0.5, 0.6) is 0 Å². The summed E-state index contributed by atoms with van der Waals surface area (Å²) < 4.78 is 0. The van der Waals surface area contributed by atoms with E-state index < -0.39 is 0 Å². The normalized spacial score (nSPS) is 11.5. The zero-order valence-corrected chi connectivity index (χ0v) is 13.7. The quantitative estimate of drug-likeness (QED) is 0.828. The minimum absolute atomic E-state index is 0.676. The van der Waals surface area contributed by atoms with E-state index in [1.807, 2.05) is 6.07 Å². The molecule has 2 rings (SSSR count). The van der Waals surface area contributed by atoms with Gasteiger partial charge in [-0.25, -0.2) is 4.98 Å². The number of para-hydroxylation sites is 1. The molecule has 0 spiro atoms. The Kier molecular flexibility index (Phi) is 5.57. The molecule has 1 aromatic carbocycles. The van der Waals surface area contributed by atoms with Gasteiger partial charge in [-0.3, -0.25) is 0 Å². The third-order valence-corrected chi connectivity index (χ3v) is 3.46. The lowest BCUT2D eigenvalue weighted by molar-refractivity contribution is 0.288. The van der Waals surface area contributed by atoms with E-state index in [1.54, 1.807) is 0 Å². The number of aromatic nitrogens is 1. The molecule has 1 heterocycles. The summed E-state index contributed by atoms with van der Waals surface area (Å²) in [5, 5.41) is 4.69. The molecule has 0 fully saturated rings. The maximum Gasteiger partial charge on any atom is 0.131 e. The van der Waals surface area contributed by atoms with Gasteiger partial charge in [-0.1, -0.05) is 39.0 Å². The number of anilines is 1. The van der Waals surface area contributed by atoms with Gasteiger partial charge < -0.3 is 10.2 Å². The summed E-state index contributed by atoms with van der Waals surface area (Å²) in [6.45, 7) is 9.68. The lowest BCUT2D eigenvalue weighted by Gasteiger charge is -2.21. The van der Waals surface area contributed by atoms with Crippen molar-refractivity contribution >= 4 is 16.7 Å². The fourth-order valence-corrected chi connectivity index (χ4v) is 2.66. The Morgan fingerprint density at radius 1 is 1.24 bits per heavy atom. The van der Waals surface area contributed by atoms with Crippen LogP contribution in [0, 0.1) is 5.92 Å². The van der Waals surface area contributed by atoms with Gasteiger partial charge in [0.05, 0.1) is 5.52 Å². The second-order valence-corrected chi connectivity index (χ2v) is 6.21. The predicted molar refractivity (Wildman–Crippen MR) is 91.7 cm³/mol. The highest BCUT2D eigenvalue weighted by Gasteiger charge is 2.10. The molecule has 0 saturated carbocycles. The molecule has 0 saturated heterocycles. The van der Waals surface area contributed by atoms with Crippen molar-refractivity contribution < 1.29 is 0 Å². The van der Waals surface area contributed by atoms with Crippen molar-refractivity contribution in [2.24, 2.45) is 5.92 Å². The van der Waals surface area contributed by atoms with Gasteiger partial charge in [0, 0.05) is 30.6 Å². The van der Waals surface area contributed by atoms with Gasteiger partial charge in [-0.2, -0.15) is 0 Å². The van der Waals surface area contributed by atoms with Crippen LogP contribution in [0.4, 0.5) is 5.82 Å². The number of benzene rings is 1. The highest BCUT2D eigenvalue weighted by atomic mass is 15.1. The Labute approximate surface area is 128 Å². The number of fused-ring (bicyclic) bond motifs is 1. The molecule has 0 bridgehead atoms. The van der Waals surface area contributed by atoms with Crippen molar-refractivity contribution in [2.45, 2.75) is 33.7 Å². The van der Waals surface area contributed by atoms with E-state index in [0.29, 0.717) is 5.92 Å². The Morgan fingerprint density at radius 3 is 2.71 bits per heavy atom. The first-order valence-electron chi connectivity index (χ1n) is 7.91. The minimum Gasteiger partial charge on any atom is -0.370 e. The second-order valence-electron chi connectivity index (χ2n) is 6.21. The summed E-state index contributed by atoms with van der Waals surface area (Å²) in [6.07, 6.45) is 1.11. The number of pyridine rings is 1. The van der Waals surface area contributed by atoms with Crippen LogP contribution in [0.25, 0.3) is 10.9 Å². The Morgan fingerprint density at radius 2 is 2.00 bits per heavy atom. The smallest absolute Gasteiger partial charge is 0.131 e. The van der Waals surface area contributed by atoms with Gasteiger partial charge in [0.2, 0.25) is 0 Å². The van der Waals surface area contributed by atoms with Gasteiger partial charge >= 0.3 is 0 Å². The molecule has 0 aliphatic rings. The van der Waals surface area contributed by atoms with Gasteiger partial charge in [-0.05, 0) is 31.5 Å². The molecule has 3 nitrogen and oxygen atoms in total. The van der Waals surface area contributed by atoms with Gasteiger partial charge in [0.25, 0.3) is 0 Å². The van der Waals surface area contributed by atoms with Crippen LogP contribution in [0.15, 0.2) is 30.3 Å². The van der Waals surface area contributed by atoms with Crippen LogP contribution in [0.1, 0.15) is 32.8 Å². The van der Waals surface area contributed by atoms with Crippen molar-refractivity contribution in [3.63, 3.8) is 0 Å². The van der Waals surface area contributed by atoms with E-state index in [0.717, 1.165) is 37.4 Å². The molecule has 0 atom stereocenters. The molecule has 114 valence electrons. The topological polar surface area (TPSA) is 28.2 Å². The first-order valence-corrected chi connectivity index (χ1v) is 7.91. The third kappa shape index (κ3) is 4.43. The molecule has 21 heavy (non-hydrogen) atoms. The van der Waals surface area contributed by atoms with Crippen LogP contribution < -0.4 is 5.32 Å². The van der Waals surface area contributed by atoms with Crippen LogP contribution in [-0.2, 0) is 6.54 Å². The third-order valence-electron chi connectivity index (χ3n) is 3.46. The lowest BCUT2D eigenvalue weighted by Crippen LogP contribution is -2.23. The van der Waals surface area contributed by atoms with Crippen molar-refractivity contribution in [3.05, 3.63) is 35.9 Å². The number of hydrogen-bond acceptors (Lipinski definition) is 3. The van der Waals surface area contributed by atoms with E-state index in [-0.39, 0.29) is 0 Å². The first-order chi connectivity index (χ1) is 10.1. The number of hydrogen-bond donors (Lipinski definition) is 1. The van der Waals surface area contributed by atoms with E-state index in [2.05, 4.69) is 62.3 Å². The van der Waals surface area contributed by atoms with E-state index >= 15 is 0 Å². The van der Waals surface area contributed by atoms with E-state index in [1.165, 1.54) is 10.9 Å². The first kappa shape index (κ1) is 15.8. The van der Waals surface area contributed by atoms with Crippen LogP contribution in [-0.4, -0.2) is 30.0 Å². The van der Waals surface area contributed by atoms with Crippen LogP contribution >= 0.6 is 0 Å². The monoisotopic (exact) mass is 285 g/mol. The van der Waals surface area contributed by atoms with Crippen LogP contribution in [0.3, 0.4) is 0 Å². The Hall–Kier alpha value is -1.61. The molecule has 3 heteroatoms. The molecule has 0 aliphatic carbocycles. The molecule has 0 aliphatic heterocycles. The van der Waals surface area contributed by atoms with Crippen molar-refractivity contribution in [1.29, 1.82) is 0 Å². The fourth-order valence-electron chi connectivity index (χ4n) is 2.66. The summed E-state index contributed by atoms with van der Waals surface area (Å²) in [6, 6.07) is 10.6. The summed E-state index contributed by atoms with van der Waals surface area (Å²) in [7, 11) is 2.18. The highest BCUT2D eigenvalue weighted by molar-refractivity contribution is 5.81. The molecule has 0 unspecified atom stereocenters. The number of rotatable bonds is 7. The Bertz CT molecular complexity index is 578. The Balaban J connectivity index is 2.29. The standard InChI is InChI=1S/C18H27N3/c1-5-10-19-18-16(13-21(4)12-14(2)3)11-15-8-6-7-9-17(15)20-18/h6-9,11,14H,5,10,12-13H2,1-4H3,(H,19,20). The summed E-state index contributed by atoms with van der Waals surface area (Å²) in [5.41, 5.74) is 2.34. The molecule has 1 N–H and O–H groups in total. The summed E-state index contributed by atoms with van der Waals surface area (Å²) in [5.74, 6) is 1.71. The maximum atomic E-state index is 4.81. The van der Waals surface area contributed by atoms with Crippen molar-refractivity contribution in [3.8, 4) is 0 Å². The summed E-state index contributed by atoms with van der Waals surface area (Å²) >= 11 is 0. The largest absolute Gasteiger partial charge is 0.370 e. The molecular weight excluding hydrogens is 258 g/mol. The molecule has 1 aromatic heterocycles. The lowest BCUT2D eigenvalue weighted by atomic mass is 10.1. The van der Waals surface area contributed by atoms with Crippen molar-refractivity contribution in [1.82, 2.24) is 9.88 Å². The fraction of sp³-hybridized carbons (Fsp3) is 0.500. The van der Waals surface area contributed by atoms with E-state index in [4.69, 9.17) is 4.98 Å². The molecule has 0 radical (unpaired) electrons. The van der Waals surface area contributed by atoms with Gasteiger partial charge in [0.1, 0.15) is 5.82 Å². The van der Waals surface area contributed by atoms with Gasteiger partial charge in [-0.15, -0.1) is 0 Å². The second kappa shape index (κ2) is 7.41. The average molecular weight is 285 g/mol. The van der Waals surface area contributed by atoms with Crippen molar-refractivity contribution in [2.75, 3.05) is 25.5 Å². The van der Waals surface area contributed by atoms with Gasteiger partial charge in [0.15, 0.2) is 0 Å². The molecular formula is C18H27N3. The maximum absolute atomic E-state index is 4.81. The minimum atomic E-state index is 0.676.